The van der Waals surface area contributed by atoms with E-state index in [1.54, 1.807) is 30.3 Å². The van der Waals surface area contributed by atoms with Gasteiger partial charge in [-0.2, -0.15) is 25.8 Å². The molecule has 0 aromatic heterocycles. The van der Waals surface area contributed by atoms with Gasteiger partial charge in [-0.3, -0.25) is 14.4 Å². The minimum absolute atomic E-state index is 0.0143. The Morgan fingerprint density at radius 3 is 2.19 bits per heavy atom. The average molecular weight is 516 g/mol. The van der Waals surface area contributed by atoms with Gasteiger partial charge in [-0.1, -0.05) is 42.5 Å². The molecule has 2 amide bonds. The third-order valence-corrected chi connectivity index (χ3v) is 5.69. The standard InChI is InChI=1S/C26H24F3N3O3S/c27-26(28,29)18-9-6-16(7-10-18)8-13-23(33)32-22-12-11-19(31-25(35)21(30)15-36)14-20(22)24(34)17-4-2-1-3-5-17/h1-7,9-12,14,21,36H,8,13,15,30H2,(H,31,35)(H,32,33)/t21-/m0/s1. The number of rotatable bonds is 9. The van der Waals surface area contributed by atoms with Crippen LogP contribution in [0.15, 0.2) is 72.8 Å². The molecular weight excluding hydrogens is 491 g/mol. The summed E-state index contributed by atoms with van der Waals surface area (Å²) < 4.78 is 38.2. The molecule has 0 saturated heterocycles. The van der Waals surface area contributed by atoms with Crippen molar-refractivity contribution in [3.05, 3.63) is 95.1 Å². The number of benzene rings is 3. The Balaban J connectivity index is 1.77. The van der Waals surface area contributed by atoms with E-state index in [0.717, 1.165) is 12.1 Å². The molecule has 10 heteroatoms. The van der Waals surface area contributed by atoms with Gasteiger partial charge in [-0.25, -0.2) is 0 Å². The molecule has 0 radical (unpaired) electrons. The van der Waals surface area contributed by atoms with Crippen molar-refractivity contribution in [1.82, 2.24) is 0 Å². The fraction of sp³-hybridized carbons (Fsp3) is 0.192. The molecule has 36 heavy (non-hydrogen) atoms. The van der Waals surface area contributed by atoms with Crippen LogP contribution >= 0.6 is 12.6 Å². The van der Waals surface area contributed by atoms with E-state index in [2.05, 4.69) is 23.3 Å². The molecule has 0 fully saturated rings. The molecule has 0 heterocycles. The SMILES string of the molecule is N[C@@H](CS)C(=O)Nc1ccc(NC(=O)CCc2ccc(C(F)(F)F)cc2)c(C(=O)c2ccccc2)c1. The van der Waals surface area contributed by atoms with E-state index in [-0.39, 0.29) is 35.6 Å². The van der Waals surface area contributed by atoms with Crippen LogP contribution in [0.25, 0.3) is 0 Å². The average Bonchev–Trinajstić information content (AvgIpc) is 2.87. The number of alkyl halides is 3. The van der Waals surface area contributed by atoms with Gasteiger partial charge in [0.2, 0.25) is 11.8 Å². The van der Waals surface area contributed by atoms with Crippen molar-refractivity contribution in [1.29, 1.82) is 0 Å². The number of ketones is 1. The molecule has 0 bridgehead atoms. The zero-order valence-corrected chi connectivity index (χ0v) is 19.9. The first-order valence-electron chi connectivity index (χ1n) is 11.0. The van der Waals surface area contributed by atoms with Crippen LogP contribution in [0.3, 0.4) is 0 Å². The van der Waals surface area contributed by atoms with E-state index in [4.69, 9.17) is 5.73 Å². The highest BCUT2D eigenvalue weighted by molar-refractivity contribution is 7.80. The molecule has 0 spiro atoms. The number of halogens is 3. The van der Waals surface area contributed by atoms with Crippen LogP contribution in [0.2, 0.25) is 0 Å². The predicted octanol–water partition coefficient (Wildman–Crippen LogP) is 4.70. The number of anilines is 2. The van der Waals surface area contributed by atoms with Crippen molar-refractivity contribution < 1.29 is 27.6 Å². The van der Waals surface area contributed by atoms with Crippen LogP contribution in [0.1, 0.15) is 33.5 Å². The van der Waals surface area contributed by atoms with Gasteiger partial charge < -0.3 is 16.4 Å². The molecule has 4 N–H and O–H groups in total. The second-order valence-corrected chi connectivity index (χ2v) is 8.34. The number of carbonyl (C=O) groups excluding carboxylic acids is 3. The number of nitrogens with one attached hydrogen (secondary N) is 2. The smallest absolute Gasteiger partial charge is 0.325 e. The van der Waals surface area contributed by atoms with Crippen LogP contribution in [0, 0.1) is 0 Å². The van der Waals surface area contributed by atoms with E-state index in [1.807, 2.05) is 0 Å². The van der Waals surface area contributed by atoms with Gasteiger partial charge in [0, 0.05) is 29.0 Å². The summed E-state index contributed by atoms with van der Waals surface area (Å²) in [4.78, 5) is 37.9. The molecule has 0 aliphatic heterocycles. The zero-order chi connectivity index (χ0) is 26.3. The second kappa shape index (κ2) is 11.9. The van der Waals surface area contributed by atoms with Gasteiger partial charge in [-0.05, 0) is 42.3 Å². The summed E-state index contributed by atoms with van der Waals surface area (Å²) in [7, 11) is 0. The summed E-state index contributed by atoms with van der Waals surface area (Å²) in [6.45, 7) is 0. The number of amides is 2. The fourth-order valence-corrected chi connectivity index (χ4v) is 3.48. The van der Waals surface area contributed by atoms with Gasteiger partial charge >= 0.3 is 6.18 Å². The molecule has 1 atom stereocenters. The molecule has 0 saturated carbocycles. The lowest BCUT2D eigenvalue weighted by molar-refractivity contribution is -0.137. The number of aryl methyl sites for hydroxylation is 1. The maximum absolute atomic E-state index is 13.2. The van der Waals surface area contributed by atoms with Crippen LogP contribution in [0.4, 0.5) is 24.5 Å². The largest absolute Gasteiger partial charge is 0.416 e. The van der Waals surface area contributed by atoms with Crippen molar-refractivity contribution in [2.75, 3.05) is 16.4 Å². The topological polar surface area (TPSA) is 101 Å². The minimum atomic E-state index is -4.43. The fourth-order valence-electron chi connectivity index (χ4n) is 3.31. The van der Waals surface area contributed by atoms with E-state index in [1.165, 1.54) is 30.3 Å². The van der Waals surface area contributed by atoms with Crippen molar-refractivity contribution in [2.45, 2.75) is 25.1 Å². The van der Waals surface area contributed by atoms with Gasteiger partial charge in [0.05, 0.1) is 17.3 Å². The third kappa shape index (κ3) is 7.19. The summed E-state index contributed by atoms with van der Waals surface area (Å²) in [5, 5.41) is 5.32. The van der Waals surface area contributed by atoms with E-state index in [0.29, 0.717) is 16.8 Å². The highest BCUT2D eigenvalue weighted by Gasteiger charge is 2.29. The predicted molar refractivity (Wildman–Crippen MR) is 135 cm³/mol. The monoisotopic (exact) mass is 515 g/mol. The summed E-state index contributed by atoms with van der Waals surface area (Å²) >= 11 is 4.00. The first kappa shape index (κ1) is 27.0. The second-order valence-electron chi connectivity index (χ2n) is 7.98. The first-order chi connectivity index (χ1) is 17.1. The van der Waals surface area contributed by atoms with E-state index in [9.17, 15) is 27.6 Å². The molecule has 0 unspecified atom stereocenters. The minimum Gasteiger partial charge on any atom is -0.325 e. The lowest BCUT2D eigenvalue weighted by Gasteiger charge is -2.15. The Hall–Kier alpha value is -3.63. The number of hydrogen-bond acceptors (Lipinski definition) is 5. The summed E-state index contributed by atoms with van der Waals surface area (Å²) in [5.41, 5.74) is 6.59. The Labute approximate surface area is 211 Å². The summed E-state index contributed by atoms with van der Waals surface area (Å²) in [5.74, 6) is -1.14. The van der Waals surface area contributed by atoms with Crippen molar-refractivity contribution >= 4 is 41.6 Å². The van der Waals surface area contributed by atoms with Crippen LogP contribution in [-0.4, -0.2) is 29.4 Å². The van der Waals surface area contributed by atoms with Gasteiger partial charge in [0.25, 0.3) is 0 Å². The number of nitrogens with two attached hydrogens (primary N) is 1. The molecule has 3 aromatic rings. The highest BCUT2D eigenvalue weighted by atomic mass is 32.1. The lowest BCUT2D eigenvalue weighted by atomic mass is 10.0. The van der Waals surface area contributed by atoms with Gasteiger partial charge in [-0.15, -0.1) is 0 Å². The molecule has 6 nitrogen and oxygen atoms in total. The van der Waals surface area contributed by atoms with Gasteiger partial charge in [0.15, 0.2) is 5.78 Å². The lowest BCUT2D eigenvalue weighted by Crippen LogP contribution is -2.37. The highest BCUT2D eigenvalue weighted by Crippen LogP contribution is 2.29. The number of carbonyl (C=O) groups is 3. The maximum atomic E-state index is 13.2. The van der Waals surface area contributed by atoms with Crippen molar-refractivity contribution in [3.8, 4) is 0 Å². The summed E-state index contributed by atoms with van der Waals surface area (Å²) in [6.07, 6.45) is -4.23. The molecule has 0 aliphatic carbocycles. The Kier molecular flexibility index (Phi) is 8.89. The van der Waals surface area contributed by atoms with E-state index >= 15 is 0 Å². The Morgan fingerprint density at radius 2 is 1.58 bits per heavy atom. The summed E-state index contributed by atoms with van der Waals surface area (Å²) in [6, 6.07) is 16.6. The van der Waals surface area contributed by atoms with Crippen LogP contribution in [-0.2, 0) is 22.2 Å². The molecule has 0 aliphatic rings. The quantitative estimate of drug-likeness (QED) is 0.245. The number of thiol groups is 1. The maximum Gasteiger partial charge on any atom is 0.416 e. The van der Waals surface area contributed by atoms with Crippen molar-refractivity contribution in [2.24, 2.45) is 5.73 Å². The van der Waals surface area contributed by atoms with Crippen molar-refractivity contribution in [3.63, 3.8) is 0 Å². The normalized spacial score (nSPS) is 12.0. The van der Waals surface area contributed by atoms with E-state index < -0.39 is 29.6 Å². The number of hydrogen-bond donors (Lipinski definition) is 4. The molecule has 188 valence electrons. The Bertz CT molecular complexity index is 1230. The third-order valence-electron chi connectivity index (χ3n) is 5.30. The molecule has 3 rings (SSSR count). The van der Waals surface area contributed by atoms with Crippen LogP contribution in [0.5, 0.6) is 0 Å². The molecular formula is C26H24F3N3O3S. The first-order valence-corrected chi connectivity index (χ1v) is 11.6. The van der Waals surface area contributed by atoms with Crippen LogP contribution < -0.4 is 16.4 Å². The Morgan fingerprint density at radius 1 is 0.917 bits per heavy atom. The molecule has 3 aromatic carbocycles. The van der Waals surface area contributed by atoms with Gasteiger partial charge in [0.1, 0.15) is 0 Å². The zero-order valence-electron chi connectivity index (χ0n) is 19.0.